The summed E-state index contributed by atoms with van der Waals surface area (Å²) in [6, 6.07) is 11.8. The number of esters is 1. The summed E-state index contributed by atoms with van der Waals surface area (Å²) in [5, 5.41) is 16.8. The number of benzene rings is 3. The first-order chi connectivity index (χ1) is 37.5. The second-order valence-electron chi connectivity index (χ2n) is 21.1. The SMILES string of the molecule is C=C(C(=O)N1CCN(c2nc(OC[C@@H]3CCCN3C)nc3c(F)c(-c4ccc(F)c5sc(N)c(C#CC)c45)c(C4CN4)cc23)[C@@H](C)C1)C(C)Oc1ccc2nc3c(c(CC)c2c1)Cn1c-3cc2c(c1=O)COC(=O)[C@]2(O)CC. The molecule has 12 rings (SSSR count). The fourth-order valence-corrected chi connectivity index (χ4v) is 13.0. The maximum Gasteiger partial charge on any atom is 0.343 e. The lowest BCUT2D eigenvalue weighted by Crippen LogP contribution is -2.54. The third-order valence-electron chi connectivity index (χ3n) is 16.5. The molecule has 0 radical (unpaired) electrons. The number of halogens is 2. The van der Waals surface area contributed by atoms with E-state index >= 15 is 8.78 Å². The largest absolute Gasteiger partial charge is 0.486 e. The summed E-state index contributed by atoms with van der Waals surface area (Å²) in [4.78, 5) is 61.9. The fourth-order valence-electron chi connectivity index (χ4n) is 12.1. The molecule has 3 aromatic carbocycles. The van der Waals surface area contributed by atoms with E-state index in [2.05, 4.69) is 40.6 Å². The van der Waals surface area contributed by atoms with Gasteiger partial charge in [-0.2, -0.15) is 9.97 Å². The molecule has 402 valence electrons. The highest BCUT2D eigenvalue weighted by molar-refractivity contribution is 7.23. The van der Waals surface area contributed by atoms with E-state index in [1.54, 1.807) is 48.4 Å². The van der Waals surface area contributed by atoms with Crippen molar-refractivity contribution >= 4 is 65.9 Å². The van der Waals surface area contributed by atoms with E-state index in [-0.39, 0.29) is 83.0 Å². The van der Waals surface area contributed by atoms with Crippen molar-refractivity contribution in [3.63, 3.8) is 0 Å². The zero-order valence-corrected chi connectivity index (χ0v) is 45.1. The van der Waals surface area contributed by atoms with Crippen LogP contribution in [0.25, 0.3) is 54.4 Å². The summed E-state index contributed by atoms with van der Waals surface area (Å²) in [7, 11) is 2.05. The number of anilines is 2. The average molecular weight is 1080 g/mol. The van der Waals surface area contributed by atoms with Crippen LogP contribution in [0.2, 0.25) is 0 Å². The number of piperazine rings is 1. The zero-order chi connectivity index (χ0) is 54.6. The van der Waals surface area contributed by atoms with Gasteiger partial charge in [0.1, 0.15) is 47.2 Å². The number of aryl methyl sites for hydroxylation is 1. The number of aromatic nitrogens is 4. The minimum atomic E-state index is -1.93. The summed E-state index contributed by atoms with van der Waals surface area (Å²) < 4.78 is 53.4. The quantitative estimate of drug-likeness (QED) is 0.0462. The van der Waals surface area contributed by atoms with E-state index in [1.165, 1.54) is 6.07 Å². The molecule has 4 aromatic heterocycles. The van der Waals surface area contributed by atoms with Gasteiger partial charge >= 0.3 is 12.0 Å². The number of nitrogens with zero attached hydrogens (tertiary/aromatic N) is 7. The lowest BCUT2D eigenvalue weighted by atomic mass is 9.86. The number of rotatable bonds is 12. The van der Waals surface area contributed by atoms with Crippen molar-refractivity contribution in [2.75, 3.05) is 57.0 Å². The molecule has 19 heteroatoms. The third-order valence-corrected chi connectivity index (χ3v) is 17.5. The molecule has 3 saturated heterocycles. The summed E-state index contributed by atoms with van der Waals surface area (Å²) in [6.45, 7) is 16.3. The Labute approximate surface area is 452 Å². The predicted molar refractivity (Wildman–Crippen MR) is 296 cm³/mol. The highest BCUT2D eigenvalue weighted by Crippen LogP contribution is 2.48. The van der Waals surface area contributed by atoms with E-state index < -0.39 is 29.3 Å². The van der Waals surface area contributed by atoms with Crippen LogP contribution in [-0.2, 0) is 39.5 Å². The van der Waals surface area contributed by atoms with Gasteiger partial charge in [0, 0.05) is 82.7 Å². The number of nitrogens with two attached hydrogens (primary N) is 1. The van der Waals surface area contributed by atoms with Crippen LogP contribution in [0.3, 0.4) is 0 Å². The second-order valence-corrected chi connectivity index (χ2v) is 22.1. The van der Waals surface area contributed by atoms with Crippen molar-refractivity contribution in [3.8, 4) is 46.1 Å². The van der Waals surface area contributed by atoms with Crippen LogP contribution in [0, 0.1) is 23.5 Å². The first kappa shape index (κ1) is 51.3. The van der Waals surface area contributed by atoms with Gasteiger partial charge in [0.05, 0.1) is 39.3 Å². The van der Waals surface area contributed by atoms with Crippen LogP contribution in [0.4, 0.5) is 19.6 Å². The maximum absolute atomic E-state index is 17.9. The first-order valence-corrected chi connectivity index (χ1v) is 27.4. The van der Waals surface area contributed by atoms with Crippen molar-refractivity contribution in [2.45, 2.75) is 103 Å². The molecule has 16 nitrogen and oxygen atoms in total. The van der Waals surface area contributed by atoms with E-state index in [4.69, 9.17) is 34.9 Å². The summed E-state index contributed by atoms with van der Waals surface area (Å²) >= 11 is 1.09. The molecule has 78 heavy (non-hydrogen) atoms. The number of likely N-dealkylation sites (tertiary alicyclic amines) is 1. The Morgan fingerprint density at radius 1 is 1.09 bits per heavy atom. The van der Waals surface area contributed by atoms with Gasteiger partial charge in [-0.15, -0.1) is 17.3 Å². The van der Waals surface area contributed by atoms with Gasteiger partial charge in [-0.1, -0.05) is 32.4 Å². The van der Waals surface area contributed by atoms with Crippen molar-refractivity contribution in [1.82, 2.24) is 34.6 Å². The number of carbonyl (C=O) groups is 2. The molecule has 0 bridgehead atoms. The number of nitrogen functional groups attached to an aromatic ring is 1. The minimum absolute atomic E-state index is 0.0327. The number of fused-ring (bicyclic) bond motifs is 7. The maximum atomic E-state index is 17.9. The van der Waals surface area contributed by atoms with Crippen molar-refractivity contribution in [1.29, 1.82) is 0 Å². The molecule has 5 aliphatic heterocycles. The lowest BCUT2D eigenvalue weighted by molar-refractivity contribution is -0.172. The van der Waals surface area contributed by atoms with Crippen LogP contribution >= 0.6 is 11.3 Å². The van der Waals surface area contributed by atoms with E-state index in [1.807, 2.05) is 32.0 Å². The number of carbonyl (C=O) groups excluding carboxylic acids is 2. The molecule has 5 aliphatic rings. The molecule has 7 aromatic rings. The topological polar surface area (TPSA) is 200 Å². The van der Waals surface area contributed by atoms with Crippen LogP contribution in [0.1, 0.15) is 93.3 Å². The van der Waals surface area contributed by atoms with Gasteiger partial charge in [-0.3, -0.25) is 9.59 Å². The molecule has 0 saturated carbocycles. The molecule has 3 fully saturated rings. The Morgan fingerprint density at radius 3 is 2.62 bits per heavy atom. The van der Waals surface area contributed by atoms with Gasteiger partial charge in [-0.25, -0.2) is 18.6 Å². The molecule has 0 aliphatic carbocycles. The summed E-state index contributed by atoms with van der Waals surface area (Å²) in [5.41, 5.74) is 10.6. The summed E-state index contributed by atoms with van der Waals surface area (Å²) in [5.74, 6) is 4.82. The van der Waals surface area contributed by atoms with E-state index in [0.717, 1.165) is 47.2 Å². The number of likely N-dealkylation sites (N-methyl/N-ethyl adjacent to an activating group) is 1. The fraction of sp³-hybridized carbons (Fsp3) is 0.390. The Balaban J connectivity index is 0.819. The zero-order valence-electron chi connectivity index (χ0n) is 44.3. The number of amides is 1. The van der Waals surface area contributed by atoms with Crippen LogP contribution < -0.4 is 31.0 Å². The highest BCUT2D eigenvalue weighted by Gasteiger charge is 2.46. The number of pyridine rings is 2. The average Bonchev–Trinajstić information content (AvgIpc) is 4.15. The Morgan fingerprint density at radius 2 is 1.90 bits per heavy atom. The van der Waals surface area contributed by atoms with E-state index in [0.29, 0.717) is 105 Å². The number of aliphatic hydroxyl groups is 1. The van der Waals surface area contributed by atoms with Crippen molar-refractivity contribution < 1.29 is 37.7 Å². The molecule has 0 spiro atoms. The molecule has 5 atom stereocenters. The van der Waals surface area contributed by atoms with Gasteiger partial charge in [-0.05, 0) is 113 Å². The standard InChI is InChI=1S/C59H59F2N9O7S/c1-8-12-36-48-35(15-16-43(60)52(48)78-53(36)62)47-38(45-24-63-45)22-39-51(49(47)61)65-58(76-27-32-13-11-18-67(32)7)66-54(39)69-20-19-68(25-29(69)4)55(71)30(5)31(6)77-33-14-17-44-37(21-33)34(9-2)40-26-70-46(50(40)64-44)23-42-41(56(70)72)28-75-57(73)59(42,74)10-3/h14-17,21-23,29,31-32,45,63,74H,5,9-11,13,18-20,24-28,62H2,1-4,6-7H3/t29-,31?,32-,45?,59-/m0/s1. The Kier molecular flexibility index (Phi) is 12.8. The number of ether oxygens (including phenoxy) is 3. The number of nitrogens with one attached hydrogen (secondary N) is 1. The Bertz CT molecular complexity index is 3870. The Hall–Kier alpha value is -7.50. The molecule has 1 amide bonds. The smallest absolute Gasteiger partial charge is 0.343 e. The lowest BCUT2D eigenvalue weighted by Gasteiger charge is -2.41. The monoisotopic (exact) mass is 1080 g/mol. The minimum Gasteiger partial charge on any atom is -0.486 e. The van der Waals surface area contributed by atoms with Crippen LogP contribution in [-0.4, -0.2) is 111 Å². The van der Waals surface area contributed by atoms with Crippen LogP contribution in [0.5, 0.6) is 11.8 Å². The molecule has 2 unspecified atom stereocenters. The summed E-state index contributed by atoms with van der Waals surface area (Å²) in [6.07, 6.45) is 1.92. The molecular weight excluding hydrogens is 1020 g/mol. The van der Waals surface area contributed by atoms with Crippen molar-refractivity contribution in [2.24, 2.45) is 0 Å². The predicted octanol–water partition coefficient (Wildman–Crippen LogP) is 7.88. The van der Waals surface area contributed by atoms with Crippen LogP contribution in [0.15, 0.2) is 59.4 Å². The first-order valence-electron chi connectivity index (χ1n) is 26.6. The van der Waals surface area contributed by atoms with E-state index in [9.17, 15) is 19.5 Å². The van der Waals surface area contributed by atoms with Gasteiger partial charge < -0.3 is 49.6 Å². The van der Waals surface area contributed by atoms with Gasteiger partial charge in [0.15, 0.2) is 11.4 Å². The van der Waals surface area contributed by atoms with Gasteiger partial charge in [0.25, 0.3) is 11.5 Å². The number of hydrogen-bond acceptors (Lipinski definition) is 15. The molecule has 4 N–H and O–H groups in total. The normalized spacial score (nSPS) is 21.0. The second kappa shape index (κ2) is 19.4. The highest BCUT2D eigenvalue weighted by atomic mass is 32.1. The number of hydrogen-bond donors (Lipinski definition) is 3. The molecular formula is C59H59F2N9O7S. The number of thiophene rings is 1. The van der Waals surface area contributed by atoms with Crippen molar-refractivity contribution in [3.05, 3.63) is 110 Å². The number of cyclic esters (lactones) is 1. The molecule has 9 heterocycles. The van der Waals surface area contributed by atoms with Gasteiger partial charge in [0.2, 0.25) is 0 Å². The third kappa shape index (κ3) is 8.25.